The first kappa shape index (κ1) is 31.2. The number of nitrogens with one attached hydrogen (secondary N) is 1. The molecular formula is C27H15Cl4F6NO3. The summed E-state index contributed by atoms with van der Waals surface area (Å²) in [7, 11) is 0. The van der Waals surface area contributed by atoms with Gasteiger partial charge in [-0.15, -0.1) is 23.2 Å². The summed E-state index contributed by atoms with van der Waals surface area (Å²) in [6.45, 7) is 0. The van der Waals surface area contributed by atoms with Gasteiger partial charge in [-0.25, -0.2) is 13.2 Å². The quantitative estimate of drug-likeness (QED) is 0.152. The van der Waals surface area contributed by atoms with Gasteiger partial charge in [0.2, 0.25) is 11.7 Å². The predicted molar refractivity (Wildman–Crippen MR) is 141 cm³/mol. The molecule has 41 heavy (non-hydrogen) atoms. The fourth-order valence-corrected chi connectivity index (χ4v) is 5.42. The third-order valence-corrected chi connectivity index (χ3v) is 8.12. The molecule has 3 aromatic rings. The van der Waals surface area contributed by atoms with Crippen LogP contribution in [0, 0.1) is 23.4 Å². The molecule has 3 aromatic carbocycles. The van der Waals surface area contributed by atoms with Crippen molar-refractivity contribution >= 4 is 69.6 Å². The maximum atomic E-state index is 14.8. The first-order valence-electron chi connectivity index (χ1n) is 11.5. The van der Waals surface area contributed by atoms with Crippen molar-refractivity contribution in [1.29, 1.82) is 0 Å². The molecule has 0 radical (unpaired) electrons. The van der Waals surface area contributed by atoms with Gasteiger partial charge >= 0.3 is 6.18 Å². The maximum Gasteiger partial charge on any atom is 0.450 e. The number of rotatable bonds is 8. The SMILES string of the molecule is O=C(Cc1ccc(F)c(CC(=O)C(F)(F)F)c1F)c1cc(NC(=O)[C@H]2[C@H](c3ccc(Cl)c(Cl)c3)C2(Cl)Cl)ccc1F. The van der Waals surface area contributed by atoms with Gasteiger partial charge in [0.25, 0.3) is 0 Å². The zero-order chi connectivity index (χ0) is 30.4. The van der Waals surface area contributed by atoms with Crippen molar-refractivity contribution in [2.75, 3.05) is 5.32 Å². The van der Waals surface area contributed by atoms with E-state index in [0.717, 1.165) is 24.3 Å². The van der Waals surface area contributed by atoms with E-state index in [2.05, 4.69) is 5.32 Å². The Morgan fingerprint density at radius 2 is 1.51 bits per heavy atom. The first-order chi connectivity index (χ1) is 19.0. The van der Waals surface area contributed by atoms with E-state index in [4.69, 9.17) is 46.4 Å². The van der Waals surface area contributed by atoms with Gasteiger partial charge in [-0.1, -0.05) is 35.3 Å². The van der Waals surface area contributed by atoms with E-state index in [1.165, 1.54) is 12.1 Å². The van der Waals surface area contributed by atoms with E-state index in [1.54, 1.807) is 6.07 Å². The van der Waals surface area contributed by atoms with Crippen LogP contribution >= 0.6 is 46.4 Å². The summed E-state index contributed by atoms with van der Waals surface area (Å²) < 4.78 is 79.6. The molecule has 0 aromatic heterocycles. The third-order valence-electron chi connectivity index (χ3n) is 6.44. The molecule has 1 aliphatic rings. The van der Waals surface area contributed by atoms with Crippen LogP contribution in [0.2, 0.25) is 10.0 Å². The number of hydrogen-bond acceptors (Lipinski definition) is 3. The van der Waals surface area contributed by atoms with Crippen LogP contribution in [0.4, 0.5) is 32.0 Å². The summed E-state index contributed by atoms with van der Waals surface area (Å²) in [6.07, 6.45) is -7.83. The highest BCUT2D eigenvalue weighted by Gasteiger charge is 2.67. The lowest BCUT2D eigenvalue weighted by Crippen LogP contribution is -2.25. The van der Waals surface area contributed by atoms with Crippen molar-refractivity contribution in [2.45, 2.75) is 29.3 Å². The van der Waals surface area contributed by atoms with E-state index in [0.29, 0.717) is 11.6 Å². The number of carbonyl (C=O) groups is 3. The van der Waals surface area contributed by atoms with Crippen molar-refractivity contribution in [3.8, 4) is 0 Å². The lowest BCUT2D eigenvalue weighted by Gasteiger charge is -2.12. The zero-order valence-electron chi connectivity index (χ0n) is 20.2. The highest BCUT2D eigenvalue weighted by atomic mass is 35.5. The van der Waals surface area contributed by atoms with E-state index >= 15 is 0 Å². The normalized spacial score (nSPS) is 17.7. The molecule has 0 bridgehead atoms. The molecule has 0 heterocycles. The lowest BCUT2D eigenvalue weighted by atomic mass is 9.97. The molecule has 4 nitrogen and oxygen atoms in total. The van der Waals surface area contributed by atoms with Crippen molar-refractivity contribution in [2.24, 2.45) is 5.92 Å². The van der Waals surface area contributed by atoms with Gasteiger partial charge < -0.3 is 5.32 Å². The minimum absolute atomic E-state index is 0.0419. The summed E-state index contributed by atoms with van der Waals surface area (Å²) in [5.74, 6) is -9.72. The number of anilines is 1. The third kappa shape index (κ3) is 6.51. The highest BCUT2D eigenvalue weighted by Crippen LogP contribution is 2.65. The molecule has 0 aliphatic heterocycles. The predicted octanol–water partition coefficient (Wildman–Crippen LogP) is 8.04. The van der Waals surface area contributed by atoms with Crippen LogP contribution < -0.4 is 5.32 Å². The van der Waals surface area contributed by atoms with Crippen LogP contribution in [0.3, 0.4) is 0 Å². The van der Waals surface area contributed by atoms with Crippen molar-refractivity contribution in [1.82, 2.24) is 0 Å². The second-order valence-corrected chi connectivity index (χ2v) is 11.4. The molecule has 1 aliphatic carbocycles. The summed E-state index contributed by atoms with van der Waals surface area (Å²) in [5.41, 5.74) is -1.84. The number of Topliss-reactive ketones (excluding diaryl/α,β-unsaturated/α-hetero) is 2. The van der Waals surface area contributed by atoms with Crippen LogP contribution in [0.5, 0.6) is 0 Å². The molecule has 1 saturated carbocycles. The zero-order valence-corrected chi connectivity index (χ0v) is 23.2. The Bertz CT molecular complexity index is 1580. The second kappa shape index (κ2) is 11.5. The largest absolute Gasteiger partial charge is 0.450 e. The topological polar surface area (TPSA) is 63.2 Å². The summed E-state index contributed by atoms with van der Waals surface area (Å²) in [4.78, 5) is 37.0. The van der Waals surface area contributed by atoms with Crippen LogP contribution in [-0.2, 0) is 22.4 Å². The average molecular weight is 657 g/mol. The molecule has 14 heteroatoms. The minimum atomic E-state index is -5.33. The van der Waals surface area contributed by atoms with Crippen LogP contribution in [0.15, 0.2) is 48.5 Å². The number of benzene rings is 3. The molecular weight excluding hydrogens is 642 g/mol. The van der Waals surface area contributed by atoms with Crippen molar-refractivity contribution in [3.63, 3.8) is 0 Å². The summed E-state index contributed by atoms with van der Waals surface area (Å²) >= 11 is 24.6. The molecule has 1 fully saturated rings. The Balaban J connectivity index is 1.52. The molecule has 2 atom stereocenters. The number of alkyl halides is 5. The van der Waals surface area contributed by atoms with Gasteiger partial charge in [0.1, 0.15) is 21.8 Å². The Morgan fingerprint density at radius 1 is 0.854 bits per heavy atom. The summed E-state index contributed by atoms with van der Waals surface area (Å²) in [6, 6.07) is 8.97. The molecule has 0 saturated heterocycles. The Morgan fingerprint density at radius 3 is 2.15 bits per heavy atom. The maximum absolute atomic E-state index is 14.8. The molecule has 216 valence electrons. The number of hydrogen-bond donors (Lipinski definition) is 1. The number of amides is 1. The fraction of sp³-hybridized carbons (Fsp3) is 0.222. The number of halogens is 10. The Hall–Kier alpha value is -2.79. The molecule has 0 spiro atoms. The van der Waals surface area contributed by atoms with E-state index in [-0.39, 0.29) is 15.7 Å². The van der Waals surface area contributed by atoms with Crippen LogP contribution in [-0.4, -0.2) is 28.0 Å². The number of carbonyl (C=O) groups excluding carboxylic acids is 3. The van der Waals surface area contributed by atoms with Gasteiger partial charge in [0.15, 0.2) is 5.78 Å². The van der Waals surface area contributed by atoms with E-state index in [1.807, 2.05) is 0 Å². The van der Waals surface area contributed by atoms with E-state index in [9.17, 15) is 40.7 Å². The van der Waals surface area contributed by atoms with Gasteiger partial charge in [-0.05, 0) is 47.5 Å². The van der Waals surface area contributed by atoms with Crippen molar-refractivity contribution < 1.29 is 40.7 Å². The van der Waals surface area contributed by atoms with Crippen LogP contribution in [0.1, 0.15) is 33.0 Å². The smallest absolute Gasteiger partial charge is 0.326 e. The van der Waals surface area contributed by atoms with Gasteiger partial charge in [-0.2, -0.15) is 13.2 Å². The number of ketones is 2. The standard InChI is InChI=1S/C27H15Cl4F6NO3/c28-16-4-1-11(7-17(16)29)22-23(26(22,30)31)25(41)38-13-3-6-18(32)14(9-13)20(39)8-12-2-5-19(33)15(24(12)34)10-21(40)27(35,36)37/h1-7,9,22-23H,8,10H2,(H,38,41)/t22-,23+/m0/s1. The highest BCUT2D eigenvalue weighted by molar-refractivity contribution is 6.53. The summed E-state index contributed by atoms with van der Waals surface area (Å²) in [5, 5.41) is 2.98. The van der Waals surface area contributed by atoms with Crippen LogP contribution in [0.25, 0.3) is 0 Å². The van der Waals surface area contributed by atoms with Gasteiger partial charge in [-0.3, -0.25) is 14.4 Å². The minimum Gasteiger partial charge on any atom is -0.326 e. The van der Waals surface area contributed by atoms with Gasteiger partial charge in [0, 0.05) is 30.0 Å². The second-order valence-electron chi connectivity index (χ2n) is 9.18. The lowest BCUT2D eigenvalue weighted by molar-refractivity contribution is -0.170. The fourth-order valence-electron chi connectivity index (χ4n) is 4.28. The monoisotopic (exact) mass is 655 g/mol. The first-order valence-corrected chi connectivity index (χ1v) is 13.1. The average Bonchev–Trinajstić information content (AvgIpc) is 3.47. The molecule has 1 amide bonds. The van der Waals surface area contributed by atoms with Crippen molar-refractivity contribution in [3.05, 3.63) is 98.3 Å². The molecule has 0 unspecified atom stereocenters. The van der Waals surface area contributed by atoms with E-state index < -0.39 is 86.8 Å². The Kier molecular flexibility index (Phi) is 8.72. The molecule has 4 rings (SSSR count). The molecule has 1 N–H and O–H groups in total. The van der Waals surface area contributed by atoms with Gasteiger partial charge in [0.05, 0.1) is 21.5 Å². The Labute approximate surface area is 248 Å².